The predicted octanol–water partition coefficient (Wildman–Crippen LogP) is 3.99. The highest BCUT2D eigenvalue weighted by Crippen LogP contribution is 2.30. The van der Waals surface area contributed by atoms with Gasteiger partial charge in [0.1, 0.15) is 6.04 Å². The van der Waals surface area contributed by atoms with E-state index >= 15 is 0 Å². The zero-order valence-corrected chi connectivity index (χ0v) is 11.0. The first-order valence-corrected chi connectivity index (χ1v) is 6.40. The van der Waals surface area contributed by atoms with Crippen molar-refractivity contribution in [2.45, 2.75) is 25.7 Å². The molecular formula is C11H10ClF3N2S. The van der Waals surface area contributed by atoms with Crippen molar-refractivity contribution >= 4 is 33.2 Å². The summed E-state index contributed by atoms with van der Waals surface area (Å²) in [7, 11) is 0. The number of aromatic nitrogens is 1. The largest absolute Gasteiger partial charge is 0.403 e. The standard InChI is InChI=1S/C11H10ClF3N2S/c1-6(11(13,14)15)17-5-7-4-9-10(18-7)8(12)2-3-16-9/h2-4,6,17H,5H2,1H3. The summed E-state index contributed by atoms with van der Waals surface area (Å²) in [6, 6.07) is 1.88. The van der Waals surface area contributed by atoms with Gasteiger partial charge in [-0.2, -0.15) is 13.2 Å². The summed E-state index contributed by atoms with van der Waals surface area (Å²) in [5, 5.41) is 3.00. The summed E-state index contributed by atoms with van der Waals surface area (Å²) in [5.41, 5.74) is 0.712. The minimum atomic E-state index is -4.23. The molecule has 2 aromatic rings. The molecule has 98 valence electrons. The molecule has 2 heterocycles. The summed E-state index contributed by atoms with van der Waals surface area (Å²) in [6.07, 6.45) is -2.65. The van der Waals surface area contributed by atoms with Crippen LogP contribution in [0.2, 0.25) is 5.02 Å². The normalized spacial score (nSPS) is 14.1. The molecule has 1 N–H and O–H groups in total. The van der Waals surface area contributed by atoms with Gasteiger partial charge in [-0.25, -0.2) is 0 Å². The molecule has 1 unspecified atom stereocenters. The third kappa shape index (κ3) is 2.93. The summed E-state index contributed by atoms with van der Waals surface area (Å²) in [4.78, 5) is 4.89. The van der Waals surface area contributed by atoms with Crippen molar-refractivity contribution < 1.29 is 13.2 Å². The fraction of sp³-hybridized carbons (Fsp3) is 0.364. The van der Waals surface area contributed by atoms with Gasteiger partial charge in [0.05, 0.1) is 15.2 Å². The van der Waals surface area contributed by atoms with Gasteiger partial charge in [-0.05, 0) is 19.1 Å². The SMILES string of the molecule is CC(NCc1cc2nccc(Cl)c2s1)C(F)(F)F. The Kier molecular flexibility index (Phi) is 3.79. The van der Waals surface area contributed by atoms with Gasteiger partial charge in [0.15, 0.2) is 0 Å². The lowest BCUT2D eigenvalue weighted by molar-refractivity contribution is -0.151. The van der Waals surface area contributed by atoms with Gasteiger partial charge in [-0.15, -0.1) is 11.3 Å². The van der Waals surface area contributed by atoms with Gasteiger partial charge in [0.2, 0.25) is 0 Å². The Morgan fingerprint density at radius 1 is 1.50 bits per heavy atom. The quantitative estimate of drug-likeness (QED) is 0.926. The maximum absolute atomic E-state index is 12.3. The van der Waals surface area contributed by atoms with Crippen LogP contribution in [0.25, 0.3) is 10.2 Å². The van der Waals surface area contributed by atoms with E-state index in [9.17, 15) is 13.2 Å². The maximum Gasteiger partial charge on any atom is 0.403 e. The Labute approximate surface area is 111 Å². The molecule has 0 aliphatic carbocycles. The Morgan fingerprint density at radius 3 is 2.83 bits per heavy atom. The van der Waals surface area contributed by atoms with Crippen molar-refractivity contribution in [2.75, 3.05) is 0 Å². The van der Waals surface area contributed by atoms with Gasteiger partial charge in [-0.3, -0.25) is 4.98 Å². The topological polar surface area (TPSA) is 24.9 Å². The van der Waals surface area contributed by atoms with E-state index in [0.29, 0.717) is 10.5 Å². The second kappa shape index (κ2) is 5.03. The van der Waals surface area contributed by atoms with Crippen LogP contribution in [0.15, 0.2) is 18.3 Å². The van der Waals surface area contributed by atoms with Crippen LogP contribution in [0, 0.1) is 0 Å². The molecule has 0 spiro atoms. The predicted molar refractivity (Wildman–Crippen MR) is 67.0 cm³/mol. The molecule has 0 fully saturated rings. The van der Waals surface area contributed by atoms with Crippen LogP contribution < -0.4 is 5.32 Å². The van der Waals surface area contributed by atoms with Crippen LogP contribution in [-0.4, -0.2) is 17.2 Å². The molecule has 18 heavy (non-hydrogen) atoms. The van der Waals surface area contributed by atoms with Crippen molar-refractivity contribution in [2.24, 2.45) is 0 Å². The van der Waals surface area contributed by atoms with Gasteiger partial charge in [0, 0.05) is 17.6 Å². The van der Waals surface area contributed by atoms with Crippen LogP contribution in [0.1, 0.15) is 11.8 Å². The summed E-state index contributed by atoms with van der Waals surface area (Å²) < 4.78 is 37.8. The van der Waals surface area contributed by atoms with E-state index in [2.05, 4.69) is 10.3 Å². The number of thiophene rings is 1. The number of rotatable bonds is 3. The molecule has 2 nitrogen and oxygen atoms in total. The zero-order chi connectivity index (χ0) is 13.3. The second-order valence-corrected chi connectivity index (χ2v) is 5.41. The van der Waals surface area contributed by atoms with Gasteiger partial charge < -0.3 is 5.32 Å². The molecule has 0 aromatic carbocycles. The summed E-state index contributed by atoms with van der Waals surface area (Å²) >= 11 is 7.33. The fourth-order valence-corrected chi connectivity index (χ4v) is 2.65. The smallest absolute Gasteiger partial charge is 0.301 e. The third-order valence-corrected chi connectivity index (χ3v) is 4.07. The zero-order valence-electron chi connectivity index (χ0n) is 9.38. The lowest BCUT2D eigenvalue weighted by Crippen LogP contribution is -2.38. The van der Waals surface area contributed by atoms with Gasteiger partial charge >= 0.3 is 6.18 Å². The van der Waals surface area contributed by atoms with E-state index < -0.39 is 12.2 Å². The first-order chi connectivity index (χ1) is 8.38. The molecule has 7 heteroatoms. The fourth-order valence-electron chi connectivity index (χ4n) is 1.41. The molecule has 1 atom stereocenters. The van der Waals surface area contributed by atoms with E-state index in [-0.39, 0.29) is 6.54 Å². The molecular weight excluding hydrogens is 285 g/mol. The molecule has 0 radical (unpaired) electrons. The number of hydrogen-bond donors (Lipinski definition) is 1. The van der Waals surface area contributed by atoms with Crippen LogP contribution in [-0.2, 0) is 6.54 Å². The highest BCUT2D eigenvalue weighted by Gasteiger charge is 2.35. The average Bonchev–Trinajstić information content (AvgIpc) is 2.69. The molecule has 0 saturated heterocycles. The first-order valence-electron chi connectivity index (χ1n) is 5.21. The Hall–Kier alpha value is -0.850. The van der Waals surface area contributed by atoms with Crippen molar-refractivity contribution in [1.29, 1.82) is 0 Å². The van der Waals surface area contributed by atoms with Crippen molar-refractivity contribution in [1.82, 2.24) is 10.3 Å². The van der Waals surface area contributed by atoms with E-state index in [4.69, 9.17) is 11.6 Å². The van der Waals surface area contributed by atoms with Crippen LogP contribution in [0.4, 0.5) is 13.2 Å². The Bertz CT molecular complexity index is 553. The van der Waals surface area contributed by atoms with Crippen LogP contribution in [0.5, 0.6) is 0 Å². The highest BCUT2D eigenvalue weighted by atomic mass is 35.5. The molecule has 2 rings (SSSR count). The molecule has 0 aliphatic rings. The van der Waals surface area contributed by atoms with E-state index in [0.717, 1.165) is 16.5 Å². The molecule has 2 aromatic heterocycles. The number of hydrogen-bond acceptors (Lipinski definition) is 3. The second-order valence-electron chi connectivity index (χ2n) is 3.86. The van der Waals surface area contributed by atoms with Crippen LogP contribution in [0.3, 0.4) is 0 Å². The number of nitrogens with zero attached hydrogens (tertiary/aromatic N) is 1. The van der Waals surface area contributed by atoms with Crippen molar-refractivity contribution in [3.8, 4) is 0 Å². The summed E-state index contributed by atoms with van der Waals surface area (Å²) in [5.74, 6) is 0. The monoisotopic (exact) mass is 294 g/mol. The van der Waals surface area contributed by atoms with Crippen molar-refractivity contribution in [3.63, 3.8) is 0 Å². The highest BCUT2D eigenvalue weighted by molar-refractivity contribution is 7.19. The molecule has 0 bridgehead atoms. The minimum Gasteiger partial charge on any atom is -0.301 e. The van der Waals surface area contributed by atoms with E-state index in [1.165, 1.54) is 11.3 Å². The first kappa shape index (κ1) is 13.6. The Balaban J connectivity index is 2.11. The lowest BCUT2D eigenvalue weighted by atomic mass is 10.3. The number of halogens is 4. The minimum absolute atomic E-state index is 0.151. The number of fused-ring (bicyclic) bond motifs is 1. The van der Waals surface area contributed by atoms with E-state index in [1.54, 1.807) is 18.3 Å². The van der Waals surface area contributed by atoms with Gasteiger partial charge in [0.25, 0.3) is 0 Å². The molecule has 0 amide bonds. The number of pyridine rings is 1. The van der Waals surface area contributed by atoms with Crippen LogP contribution >= 0.6 is 22.9 Å². The van der Waals surface area contributed by atoms with E-state index in [1.807, 2.05) is 0 Å². The number of nitrogens with one attached hydrogen (secondary N) is 1. The Morgan fingerprint density at radius 2 is 2.22 bits per heavy atom. The third-order valence-electron chi connectivity index (χ3n) is 2.49. The van der Waals surface area contributed by atoms with Gasteiger partial charge in [-0.1, -0.05) is 11.6 Å². The summed E-state index contributed by atoms with van der Waals surface area (Å²) in [6.45, 7) is 1.25. The average molecular weight is 295 g/mol. The lowest BCUT2D eigenvalue weighted by Gasteiger charge is -2.16. The molecule has 0 saturated carbocycles. The maximum atomic E-state index is 12.3. The number of alkyl halides is 3. The van der Waals surface area contributed by atoms with Crippen molar-refractivity contribution in [3.05, 3.63) is 28.2 Å². The molecule has 0 aliphatic heterocycles.